The van der Waals surface area contributed by atoms with E-state index < -0.39 is 0 Å². The Morgan fingerprint density at radius 1 is 1.22 bits per heavy atom. The van der Waals surface area contributed by atoms with Crippen LogP contribution in [0.3, 0.4) is 0 Å². The summed E-state index contributed by atoms with van der Waals surface area (Å²) in [4.78, 5) is 0. The quantitative estimate of drug-likeness (QED) is 0.506. The van der Waals surface area contributed by atoms with E-state index in [-0.39, 0.29) is 48.0 Å². The second-order valence-corrected chi connectivity index (χ2v) is 0.316. The number of aliphatic hydroxyl groups is 1. The number of aliphatic hydroxyl groups excluding tert-OH is 1. The smallest absolute Gasteiger partial charge is 0.412 e. The summed E-state index contributed by atoms with van der Waals surface area (Å²) in [5, 5.41) is 7.57. The normalized spacial score (nSPS) is 2.56. The molecule has 58 valence electrons. The van der Waals surface area contributed by atoms with Gasteiger partial charge >= 0.3 is 21.1 Å². The molecule has 0 bridgehead atoms. The van der Waals surface area contributed by atoms with Crippen LogP contribution in [0.5, 0.6) is 0 Å². The summed E-state index contributed by atoms with van der Waals surface area (Å²) in [5.74, 6) is 1.92. The average Bonchev–Trinajstić information content (AvgIpc) is 1.46. The van der Waals surface area contributed by atoms with Gasteiger partial charge in [0.05, 0.1) is 0 Å². The standard InChI is InChI=1S/C2H6O.3CH3.Al.H2O.W/c1-2-3;;;;;;/h3H,2H2,1H3;3*1H3;;1H2;/q;;2*-1;;;+2. The molecule has 0 atom stereocenters. The third-order valence-electron chi connectivity index (χ3n) is 0. The van der Waals surface area contributed by atoms with Crippen LogP contribution >= 0.6 is 0 Å². The first-order valence-corrected chi connectivity index (χ1v) is 2.76. The van der Waals surface area contributed by atoms with Crippen LogP contribution < -0.4 is 0 Å². The molecule has 3 N–H and O–H groups in total. The molecule has 0 aliphatic carbocycles. The van der Waals surface area contributed by atoms with Crippen LogP contribution in [0, 0.1) is 14.9 Å². The molecule has 0 saturated heterocycles. The van der Waals surface area contributed by atoms with Crippen LogP contribution in [0.25, 0.3) is 0 Å². The van der Waals surface area contributed by atoms with Crippen LogP contribution in [0.2, 0.25) is 5.79 Å². The van der Waals surface area contributed by atoms with Crippen LogP contribution in [0.15, 0.2) is 0 Å². The van der Waals surface area contributed by atoms with E-state index in [0.29, 0.717) is 0 Å². The summed E-state index contributed by atoms with van der Waals surface area (Å²) < 4.78 is 0. The van der Waals surface area contributed by atoms with Crippen LogP contribution in [0.4, 0.5) is 0 Å². The van der Waals surface area contributed by atoms with Gasteiger partial charge in [0.1, 0.15) is 16.3 Å². The molecule has 0 saturated carbocycles. The van der Waals surface area contributed by atoms with Gasteiger partial charge in [-0.15, -0.1) is 5.79 Å². The predicted molar refractivity (Wildman–Crippen MR) is 40.8 cm³/mol. The molecular formula is C5H17AlO2W. The molecule has 2 nitrogen and oxygen atoms in total. The predicted octanol–water partition coefficient (Wildman–Crippen LogP) is 0.275. The Labute approximate surface area is 82.0 Å². The minimum atomic E-state index is 0. The van der Waals surface area contributed by atoms with E-state index in [1.807, 2.05) is 5.79 Å². The van der Waals surface area contributed by atoms with E-state index in [1.165, 1.54) is 0 Å². The van der Waals surface area contributed by atoms with Gasteiger partial charge in [0.15, 0.2) is 0 Å². The van der Waals surface area contributed by atoms with Crippen molar-refractivity contribution in [1.82, 2.24) is 0 Å². The fourth-order valence-corrected chi connectivity index (χ4v) is 0. The van der Waals surface area contributed by atoms with Crippen molar-refractivity contribution in [3.8, 4) is 0 Å². The van der Waals surface area contributed by atoms with Crippen molar-refractivity contribution in [3.05, 3.63) is 14.9 Å². The fraction of sp³-hybridized carbons (Fsp3) is 0.600. The molecule has 0 aliphatic heterocycles. The molecule has 4 heteroatoms. The zero-order chi connectivity index (χ0) is 4.71. The van der Waals surface area contributed by atoms with E-state index >= 15 is 0 Å². The van der Waals surface area contributed by atoms with Crippen molar-refractivity contribution in [2.45, 2.75) is 12.7 Å². The monoisotopic (exact) mass is 320 g/mol. The summed E-state index contributed by atoms with van der Waals surface area (Å²) in [6.07, 6.45) is 0. The van der Waals surface area contributed by atoms with Crippen molar-refractivity contribution in [2.75, 3.05) is 6.61 Å². The molecule has 0 unspecified atom stereocenters. The molecule has 9 heavy (non-hydrogen) atoms. The Morgan fingerprint density at radius 2 is 1.22 bits per heavy atom. The molecule has 2 radical (unpaired) electrons. The van der Waals surface area contributed by atoms with Crippen LogP contribution in [0.1, 0.15) is 6.92 Å². The van der Waals surface area contributed by atoms with Gasteiger partial charge in [-0.2, -0.15) is 0 Å². The van der Waals surface area contributed by atoms with E-state index in [4.69, 9.17) is 5.11 Å². The number of hydrogen-bond acceptors (Lipinski definition) is 1. The van der Waals surface area contributed by atoms with Crippen molar-refractivity contribution < 1.29 is 31.6 Å². The molecule has 0 fully saturated rings. The van der Waals surface area contributed by atoms with E-state index in [9.17, 15) is 0 Å². The first-order valence-electron chi connectivity index (χ1n) is 1.60. The Hall–Kier alpha value is 1.14. The molecule has 0 amide bonds. The fourth-order valence-electron chi connectivity index (χ4n) is 0. The van der Waals surface area contributed by atoms with Crippen molar-refractivity contribution >= 4 is 16.3 Å². The molecule has 0 rings (SSSR count). The van der Waals surface area contributed by atoms with E-state index in [1.54, 1.807) is 6.92 Å². The van der Waals surface area contributed by atoms with Crippen LogP contribution in [-0.2, 0) is 21.1 Å². The first-order chi connectivity index (χ1) is 2.41. The minimum absolute atomic E-state index is 0. The number of hydrogen-bond donors (Lipinski definition) is 1. The maximum absolute atomic E-state index is 7.57. The summed E-state index contributed by atoms with van der Waals surface area (Å²) in [7, 11) is 0. The third kappa shape index (κ3) is 358. The second-order valence-electron chi connectivity index (χ2n) is 0.316. The Balaban J connectivity index is -0.00000000357. The molecule has 0 heterocycles. The van der Waals surface area contributed by atoms with Gasteiger partial charge in [-0.05, 0) is 6.92 Å². The number of rotatable bonds is 0. The zero-order valence-corrected chi connectivity index (χ0v) is 10.7. The average molecular weight is 320 g/mol. The van der Waals surface area contributed by atoms with Gasteiger partial charge in [0, 0.05) is 6.61 Å². The summed E-state index contributed by atoms with van der Waals surface area (Å²) >= 11 is 2.42. The van der Waals surface area contributed by atoms with Gasteiger partial charge in [-0.25, -0.2) is 0 Å². The van der Waals surface area contributed by atoms with Crippen molar-refractivity contribution in [2.24, 2.45) is 0 Å². The van der Waals surface area contributed by atoms with Crippen molar-refractivity contribution in [3.63, 3.8) is 0 Å². The molecule has 0 aromatic carbocycles. The molecule has 0 spiro atoms. The van der Waals surface area contributed by atoms with Gasteiger partial charge in [-0.3, -0.25) is 0 Å². The Morgan fingerprint density at radius 3 is 1.22 bits per heavy atom. The zero-order valence-electron chi connectivity index (χ0n) is 6.64. The third-order valence-corrected chi connectivity index (χ3v) is 0. The largest absolute Gasteiger partial charge is 2.00 e. The van der Waals surface area contributed by atoms with Crippen LogP contribution in [-0.4, -0.2) is 33.5 Å². The second kappa shape index (κ2) is 132. The van der Waals surface area contributed by atoms with Gasteiger partial charge in [-0.1, -0.05) is 0 Å². The molecule has 0 aromatic heterocycles. The molecule has 0 aromatic rings. The van der Waals surface area contributed by atoms with E-state index in [0.717, 1.165) is 0 Å². The maximum Gasteiger partial charge on any atom is 2.00 e. The first kappa shape index (κ1) is 49.4. The van der Waals surface area contributed by atoms with Gasteiger partial charge in [0.25, 0.3) is 0 Å². The minimum Gasteiger partial charge on any atom is -0.412 e. The molecule has 0 aliphatic rings. The van der Waals surface area contributed by atoms with Gasteiger partial charge < -0.3 is 25.4 Å². The van der Waals surface area contributed by atoms with Gasteiger partial charge in [0.2, 0.25) is 0 Å². The summed E-state index contributed by atoms with van der Waals surface area (Å²) in [5.41, 5.74) is 0. The van der Waals surface area contributed by atoms with E-state index in [2.05, 4.69) is 16.3 Å². The summed E-state index contributed by atoms with van der Waals surface area (Å²) in [6, 6.07) is 0. The topological polar surface area (TPSA) is 51.7 Å². The Bertz CT molecular complexity index is 14.9. The Kier molecular flexibility index (Phi) is 726. The molecular weight excluding hydrogens is 303 g/mol. The van der Waals surface area contributed by atoms with Crippen molar-refractivity contribution in [1.29, 1.82) is 0 Å². The summed E-state index contributed by atoms with van der Waals surface area (Å²) in [6.45, 7) is 1.93. The SMILES string of the molecule is CCO.O.[CH3-].[CH3-].[CH3][Al].[W+2]. The maximum atomic E-state index is 7.57.